The Kier molecular flexibility index (Phi) is 4.79. The van der Waals surface area contributed by atoms with E-state index in [1.165, 1.54) is 0 Å². The van der Waals surface area contributed by atoms with Crippen molar-refractivity contribution in [2.75, 3.05) is 7.11 Å². The Labute approximate surface area is 143 Å². The number of ether oxygens (including phenoxy) is 1. The monoisotopic (exact) mass is 346 g/mol. The lowest BCUT2D eigenvalue weighted by atomic mass is 10.1. The smallest absolute Gasteiger partial charge is 0.224 e. The van der Waals surface area contributed by atoms with Crippen LogP contribution in [0.15, 0.2) is 42.5 Å². The number of carbonyl (C=O) groups is 1. The minimum Gasteiger partial charge on any atom is -0.496 e. The molecule has 3 rings (SSSR count). The van der Waals surface area contributed by atoms with E-state index in [0.29, 0.717) is 17.3 Å². The maximum absolute atomic E-state index is 12.1. The van der Waals surface area contributed by atoms with Gasteiger partial charge >= 0.3 is 0 Å². The van der Waals surface area contributed by atoms with Gasteiger partial charge in [0.2, 0.25) is 5.91 Å². The van der Waals surface area contributed by atoms with Gasteiger partial charge in [-0.05, 0) is 30.3 Å². The third-order valence-electron chi connectivity index (χ3n) is 3.37. The molecule has 0 radical (unpaired) electrons. The van der Waals surface area contributed by atoms with Gasteiger partial charge in [-0.1, -0.05) is 23.7 Å². The normalized spacial score (nSPS) is 10.7. The van der Waals surface area contributed by atoms with Gasteiger partial charge in [0.15, 0.2) is 0 Å². The highest BCUT2D eigenvalue weighted by atomic mass is 35.5. The lowest BCUT2D eigenvalue weighted by molar-refractivity contribution is -0.120. The largest absolute Gasteiger partial charge is 0.496 e. The number of amides is 1. The van der Waals surface area contributed by atoms with E-state index in [2.05, 4.69) is 10.3 Å². The number of rotatable bonds is 5. The van der Waals surface area contributed by atoms with Crippen molar-refractivity contribution in [3.05, 3.63) is 58.1 Å². The fourth-order valence-corrected chi connectivity index (χ4v) is 3.39. The molecule has 1 aromatic heterocycles. The Balaban J connectivity index is 1.64. The van der Waals surface area contributed by atoms with Crippen LogP contribution in [0.4, 0.5) is 0 Å². The first-order valence-corrected chi connectivity index (χ1v) is 8.28. The number of benzene rings is 2. The molecule has 1 N–H and O–H groups in total. The van der Waals surface area contributed by atoms with Crippen LogP contribution in [-0.4, -0.2) is 18.0 Å². The van der Waals surface area contributed by atoms with Gasteiger partial charge < -0.3 is 10.1 Å². The van der Waals surface area contributed by atoms with Crippen LogP contribution in [0.5, 0.6) is 5.75 Å². The van der Waals surface area contributed by atoms with E-state index < -0.39 is 0 Å². The van der Waals surface area contributed by atoms with Crippen molar-refractivity contribution >= 4 is 39.1 Å². The SMILES string of the molecule is COc1ccc(Cl)cc1CC(=O)NCc1nc2ccccc2s1. The average molecular weight is 347 g/mol. The molecule has 118 valence electrons. The van der Waals surface area contributed by atoms with Crippen molar-refractivity contribution in [3.8, 4) is 5.75 Å². The molecule has 1 heterocycles. The second-order valence-electron chi connectivity index (χ2n) is 4.99. The number of carbonyl (C=O) groups excluding carboxylic acids is 1. The third-order valence-corrected chi connectivity index (χ3v) is 4.64. The van der Waals surface area contributed by atoms with Crippen LogP contribution >= 0.6 is 22.9 Å². The van der Waals surface area contributed by atoms with Crippen LogP contribution in [0, 0.1) is 0 Å². The fraction of sp³-hybridized carbons (Fsp3) is 0.176. The first-order valence-electron chi connectivity index (χ1n) is 7.09. The highest BCUT2D eigenvalue weighted by Gasteiger charge is 2.10. The Morgan fingerprint density at radius 2 is 2.13 bits per heavy atom. The lowest BCUT2D eigenvalue weighted by Gasteiger charge is -2.09. The summed E-state index contributed by atoms with van der Waals surface area (Å²) in [5.74, 6) is 0.564. The van der Waals surface area contributed by atoms with Crippen molar-refractivity contribution in [2.24, 2.45) is 0 Å². The van der Waals surface area contributed by atoms with E-state index in [9.17, 15) is 4.79 Å². The first-order chi connectivity index (χ1) is 11.2. The number of hydrogen-bond donors (Lipinski definition) is 1. The van der Waals surface area contributed by atoms with Gasteiger partial charge in [0, 0.05) is 10.6 Å². The molecule has 0 aliphatic carbocycles. The van der Waals surface area contributed by atoms with Crippen LogP contribution in [0.1, 0.15) is 10.6 Å². The molecule has 0 unspecified atom stereocenters. The summed E-state index contributed by atoms with van der Waals surface area (Å²) in [6.07, 6.45) is 0.217. The molecule has 4 nitrogen and oxygen atoms in total. The summed E-state index contributed by atoms with van der Waals surface area (Å²) in [7, 11) is 1.58. The summed E-state index contributed by atoms with van der Waals surface area (Å²) in [6, 6.07) is 13.2. The molecule has 6 heteroatoms. The minimum atomic E-state index is -0.0928. The van der Waals surface area contributed by atoms with Gasteiger partial charge in [0.25, 0.3) is 0 Å². The van der Waals surface area contributed by atoms with Crippen LogP contribution in [0.2, 0.25) is 5.02 Å². The zero-order valence-corrected chi connectivity index (χ0v) is 14.1. The summed E-state index contributed by atoms with van der Waals surface area (Å²) in [4.78, 5) is 16.6. The van der Waals surface area contributed by atoms with Crippen molar-refractivity contribution < 1.29 is 9.53 Å². The van der Waals surface area contributed by atoms with Gasteiger partial charge in [-0.25, -0.2) is 4.98 Å². The molecule has 0 aliphatic rings. The van der Waals surface area contributed by atoms with E-state index in [1.807, 2.05) is 24.3 Å². The number of fused-ring (bicyclic) bond motifs is 1. The molecule has 0 spiro atoms. The molecule has 0 fully saturated rings. The third kappa shape index (κ3) is 3.81. The van der Waals surface area contributed by atoms with Crippen LogP contribution in [0.25, 0.3) is 10.2 Å². The molecular formula is C17H15ClN2O2S. The number of para-hydroxylation sites is 1. The standard InChI is InChI=1S/C17H15ClN2O2S/c1-22-14-7-6-12(18)8-11(14)9-16(21)19-10-17-20-13-4-2-3-5-15(13)23-17/h2-8H,9-10H2,1H3,(H,19,21). The van der Waals surface area contributed by atoms with Gasteiger partial charge in [-0.15, -0.1) is 11.3 Å². The van der Waals surface area contributed by atoms with Gasteiger partial charge in [-0.2, -0.15) is 0 Å². The van der Waals surface area contributed by atoms with Crippen LogP contribution < -0.4 is 10.1 Å². The first kappa shape index (κ1) is 15.8. The summed E-state index contributed by atoms with van der Waals surface area (Å²) < 4.78 is 6.37. The molecule has 2 aromatic carbocycles. The Morgan fingerprint density at radius 3 is 2.91 bits per heavy atom. The number of halogens is 1. The van der Waals surface area contributed by atoms with Gasteiger partial charge in [0.1, 0.15) is 10.8 Å². The predicted octanol–water partition coefficient (Wildman–Crippen LogP) is 3.82. The number of methoxy groups -OCH3 is 1. The predicted molar refractivity (Wildman–Crippen MR) is 93.2 cm³/mol. The maximum atomic E-state index is 12.1. The van der Waals surface area contributed by atoms with Crippen molar-refractivity contribution in [3.63, 3.8) is 0 Å². The van der Waals surface area contributed by atoms with E-state index in [4.69, 9.17) is 16.3 Å². The second kappa shape index (κ2) is 6.98. The molecular weight excluding hydrogens is 332 g/mol. The molecule has 0 saturated heterocycles. The van der Waals surface area contributed by atoms with Gasteiger partial charge in [-0.3, -0.25) is 4.79 Å². The van der Waals surface area contributed by atoms with E-state index in [-0.39, 0.29) is 12.3 Å². The van der Waals surface area contributed by atoms with E-state index >= 15 is 0 Å². The van der Waals surface area contributed by atoms with Crippen molar-refractivity contribution in [1.82, 2.24) is 10.3 Å². The number of thiazole rings is 1. The summed E-state index contributed by atoms with van der Waals surface area (Å²) in [6.45, 7) is 0.418. The van der Waals surface area contributed by atoms with Gasteiger partial charge in [0.05, 0.1) is 30.3 Å². The van der Waals surface area contributed by atoms with Crippen molar-refractivity contribution in [1.29, 1.82) is 0 Å². The van der Waals surface area contributed by atoms with Crippen LogP contribution in [-0.2, 0) is 17.8 Å². The Bertz CT molecular complexity index is 814. The molecule has 3 aromatic rings. The number of nitrogens with one attached hydrogen (secondary N) is 1. The quantitative estimate of drug-likeness (QED) is 0.764. The highest BCUT2D eigenvalue weighted by molar-refractivity contribution is 7.18. The summed E-state index contributed by atoms with van der Waals surface area (Å²) >= 11 is 7.56. The van der Waals surface area contributed by atoms with E-state index in [1.54, 1.807) is 36.6 Å². The Hall–Kier alpha value is -2.11. The molecule has 23 heavy (non-hydrogen) atoms. The summed E-state index contributed by atoms with van der Waals surface area (Å²) in [5.41, 5.74) is 1.72. The molecule has 0 atom stereocenters. The topological polar surface area (TPSA) is 51.2 Å². The summed E-state index contributed by atoms with van der Waals surface area (Å²) in [5, 5.41) is 4.36. The fourth-order valence-electron chi connectivity index (χ4n) is 2.29. The number of hydrogen-bond acceptors (Lipinski definition) is 4. The zero-order chi connectivity index (χ0) is 16.2. The lowest BCUT2D eigenvalue weighted by Crippen LogP contribution is -2.24. The molecule has 1 amide bonds. The number of aromatic nitrogens is 1. The van der Waals surface area contributed by atoms with E-state index in [0.717, 1.165) is 20.8 Å². The van der Waals surface area contributed by atoms with Crippen LogP contribution in [0.3, 0.4) is 0 Å². The minimum absolute atomic E-state index is 0.0928. The number of nitrogens with zero attached hydrogens (tertiary/aromatic N) is 1. The maximum Gasteiger partial charge on any atom is 0.224 e. The molecule has 0 aliphatic heterocycles. The zero-order valence-electron chi connectivity index (χ0n) is 12.5. The Morgan fingerprint density at radius 1 is 1.30 bits per heavy atom. The average Bonchev–Trinajstić information content (AvgIpc) is 2.96. The molecule has 0 bridgehead atoms. The highest BCUT2D eigenvalue weighted by Crippen LogP contribution is 2.23. The molecule has 0 saturated carbocycles. The van der Waals surface area contributed by atoms with Crippen molar-refractivity contribution in [2.45, 2.75) is 13.0 Å². The second-order valence-corrected chi connectivity index (χ2v) is 6.54.